The molecule has 0 saturated carbocycles. The van der Waals surface area contributed by atoms with Crippen LogP contribution in [0.4, 0.5) is 0 Å². The Morgan fingerprint density at radius 3 is 1.73 bits per heavy atom. The topological polar surface area (TPSA) is 99.1 Å². The summed E-state index contributed by atoms with van der Waals surface area (Å²) in [7, 11) is 0. The highest BCUT2D eigenvalue weighted by Crippen LogP contribution is 2.35. The van der Waals surface area contributed by atoms with Gasteiger partial charge in [0.05, 0.1) is 0 Å². The Labute approximate surface area is 151 Å². The highest BCUT2D eigenvalue weighted by Gasteiger charge is 2.21. The molecule has 5 nitrogen and oxygen atoms in total. The number of hydrogen-bond donors (Lipinski definition) is 2. The SMILES string of the molecule is Cc1ccc(-c2cc(C(N)=O)nc(C(N)=O)c2-c2ccc(C)cc2)cc1. The van der Waals surface area contributed by atoms with Gasteiger partial charge >= 0.3 is 0 Å². The Balaban J connectivity index is 2.38. The van der Waals surface area contributed by atoms with Crippen molar-refractivity contribution in [3.05, 3.63) is 77.1 Å². The number of nitrogens with zero attached hydrogens (tertiary/aromatic N) is 1. The van der Waals surface area contributed by atoms with Crippen LogP contribution in [0.5, 0.6) is 0 Å². The zero-order chi connectivity index (χ0) is 18.8. The number of nitrogens with two attached hydrogens (primary N) is 2. The first-order chi connectivity index (χ1) is 12.4. The molecule has 2 aromatic carbocycles. The van der Waals surface area contributed by atoms with E-state index in [2.05, 4.69) is 4.98 Å². The summed E-state index contributed by atoms with van der Waals surface area (Å²) in [6, 6.07) is 17.1. The van der Waals surface area contributed by atoms with E-state index >= 15 is 0 Å². The Morgan fingerprint density at radius 2 is 1.27 bits per heavy atom. The van der Waals surface area contributed by atoms with Crippen molar-refractivity contribution >= 4 is 11.8 Å². The van der Waals surface area contributed by atoms with Crippen molar-refractivity contribution in [2.75, 3.05) is 0 Å². The van der Waals surface area contributed by atoms with Gasteiger partial charge < -0.3 is 11.5 Å². The van der Waals surface area contributed by atoms with Crippen LogP contribution >= 0.6 is 0 Å². The molecule has 3 aromatic rings. The predicted octanol–water partition coefficient (Wildman–Crippen LogP) is 3.23. The number of aryl methyl sites for hydroxylation is 2. The van der Waals surface area contributed by atoms with Gasteiger partial charge in [0, 0.05) is 5.56 Å². The molecule has 4 N–H and O–H groups in total. The fourth-order valence-electron chi connectivity index (χ4n) is 2.82. The number of primary amides is 2. The molecule has 0 aliphatic heterocycles. The van der Waals surface area contributed by atoms with Gasteiger partial charge in [0.25, 0.3) is 11.8 Å². The number of aromatic nitrogens is 1. The molecule has 3 rings (SSSR count). The monoisotopic (exact) mass is 345 g/mol. The van der Waals surface area contributed by atoms with Gasteiger partial charge in [-0.3, -0.25) is 9.59 Å². The second-order valence-corrected chi connectivity index (χ2v) is 6.24. The van der Waals surface area contributed by atoms with E-state index in [0.717, 1.165) is 22.3 Å². The number of carbonyl (C=O) groups excluding carboxylic acids is 2. The molecular weight excluding hydrogens is 326 g/mol. The van der Waals surface area contributed by atoms with Gasteiger partial charge in [-0.15, -0.1) is 0 Å². The van der Waals surface area contributed by atoms with E-state index in [-0.39, 0.29) is 11.4 Å². The van der Waals surface area contributed by atoms with E-state index < -0.39 is 11.8 Å². The molecule has 0 unspecified atom stereocenters. The fraction of sp³-hybridized carbons (Fsp3) is 0.0952. The van der Waals surface area contributed by atoms with Crippen LogP contribution in [0.3, 0.4) is 0 Å². The molecule has 0 aliphatic carbocycles. The fourth-order valence-corrected chi connectivity index (χ4v) is 2.82. The summed E-state index contributed by atoms with van der Waals surface area (Å²) in [4.78, 5) is 27.9. The van der Waals surface area contributed by atoms with Gasteiger partial charge in [-0.05, 0) is 36.6 Å². The van der Waals surface area contributed by atoms with Gasteiger partial charge in [0.1, 0.15) is 11.4 Å². The minimum Gasteiger partial charge on any atom is -0.364 e. The zero-order valence-electron chi connectivity index (χ0n) is 14.6. The summed E-state index contributed by atoms with van der Waals surface area (Å²) in [5, 5.41) is 0. The smallest absolute Gasteiger partial charge is 0.267 e. The zero-order valence-corrected chi connectivity index (χ0v) is 14.6. The number of pyridine rings is 1. The van der Waals surface area contributed by atoms with Crippen LogP contribution in [0.2, 0.25) is 0 Å². The maximum atomic E-state index is 12.1. The van der Waals surface area contributed by atoms with Crippen LogP contribution in [-0.4, -0.2) is 16.8 Å². The molecule has 1 heterocycles. The average Bonchev–Trinajstić information content (AvgIpc) is 2.62. The normalized spacial score (nSPS) is 10.5. The standard InChI is InChI=1S/C21H19N3O2/c1-12-3-7-14(8-4-12)16-11-17(20(22)25)24-19(21(23)26)18(16)15-9-5-13(2)6-10-15/h3-11H,1-2H3,(H2,22,25)(H2,23,26). The average molecular weight is 345 g/mol. The largest absolute Gasteiger partial charge is 0.364 e. The quantitative estimate of drug-likeness (QED) is 0.759. The van der Waals surface area contributed by atoms with Gasteiger partial charge in [0.15, 0.2) is 0 Å². The molecule has 0 spiro atoms. The van der Waals surface area contributed by atoms with E-state index in [1.54, 1.807) is 6.07 Å². The number of benzene rings is 2. The van der Waals surface area contributed by atoms with Crippen molar-refractivity contribution in [1.82, 2.24) is 4.98 Å². The second-order valence-electron chi connectivity index (χ2n) is 6.24. The molecule has 0 radical (unpaired) electrons. The third kappa shape index (κ3) is 3.32. The van der Waals surface area contributed by atoms with Gasteiger partial charge in [-0.25, -0.2) is 4.98 Å². The Bertz CT molecular complexity index is 991. The first-order valence-corrected chi connectivity index (χ1v) is 8.15. The van der Waals surface area contributed by atoms with Crippen LogP contribution in [0, 0.1) is 13.8 Å². The highest BCUT2D eigenvalue weighted by molar-refractivity contribution is 6.04. The predicted molar refractivity (Wildman–Crippen MR) is 102 cm³/mol. The summed E-state index contributed by atoms with van der Waals surface area (Å²) in [6.07, 6.45) is 0. The van der Waals surface area contributed by atoms with Crippen molar-refractivity contribution in [2.45, 2.75) is 13.8 Å². The van der Waals surface area contributed by atoms with Crippen LogP contribution < -0.4 is 11.5 Å². The van der Waals surface area contributed by atoms with Crippen LogP contribution in [0.15, 0.2) is 54.6 Å². The van der Waals surface area contributed by atoms with Gasteiger partial charge in [-0.1, -0.05) is 59.7 Å². The Kier molecular flexibility index (Phi) is 4.54. The molecule has 2 amide bonds. The summed E-state index contributed by atoms with van der Waals surface area (Å²) < 4.78 is 0. The van der Waals surface area contributed by atoms with E-state index in [9.17, 15) is 9.59 Å². The molecule has 130 valence electrons. The van der Waals surface area contributed by atoms with Crippen LogP contribution in [0.1, 0.15) is 32.1 Å². The first-order valence-electron chi connectivity index (χ1n) is 8.15. The lowest BCUT2D eigenvalue weighted by molar-refractivity contribution is 0.0993. The molecule has 1 aromatic heterocycles. The highest BCUT2D eigenvalue weighted by atomic mass is 16.1. The van der Waals surface area contributed by atoms with Crippen LogP contribution in [0.25, 0.3) is 22.3 Å². The molecule has 0 saturated heterocycles. The number of amides is 2. The van der Waals surface area contributed by atoms with Crippen molar-refractivity contribution < 1.29 is 9.59 Å². The minimum atomic E-state index is -0.712. The second kappa shape index (κ2) is 6.80. The molecule has 0 atom stereocenters. The van der Waals surface area contributed by atoms with Crippen molar-refractivity contribution in [3.63, 3.8) is 0 Å². The van der Waals surface area contributed by atoms with E-state index in [4.69, 9.17) is 11.5 Å². The van der Waals surface area contributed by atoms with Gasteiger partial charge in [0.2, 0.25) is 0 Å². The Hall–Kier alpha value is -3.47. The minimum absolute atomic E-state index is 0.00485. The molecule has 0 aliphatic rings. The van der Waals surface area contributed by atoms with E-state index in [0.29, 0.717) is 11.1 Å². The molecule has 5 heteroatoms. The summed E-state index contributed by atoms with van der Waals surface area (Å²) in [6.45, 7) is 3.97. The van der Waals surface area contributed by atoms with Gasteiger partial charge in [-0.2, -0.15) is 0 Å². The first kappa shape index (κ1) is 17.4. The summed E-state index contributed by atoms with van der Waals surface area (Å²) in [5.41, 5.74) is 16.1. The van der Waals surface area contributed by atoms with Crippen LogP contribution in [-0.2, 0) is 0 Å². The molecule has 0 fully saturated rings. The lowest BCUT2D eigenvalue weighted by Crippen LogP contribution is -2.20. The molecular formula is C21H19N3O2. The number of rotatable bonds is 4. The van der Waals surface area contributed by atoms with Crippen molar-refractivity contribution in [3.8, 4) is 22.3 Å². The maximum absolute atomic E-state index is 12.1. The van der Waals surface area contributed by atoms with Crippen molar-refractivity contribution in [1.29, 1.82) is 0 Å². The number of hydrogen-bond acceptors (Lipinski definition) is 3. The lowest BCUT2D eigenvalue weighted by Gasteiger charge is -2.15. The van der Waals surface area contributed by atoms with E-state index in [1.165, 1.54) is 0 Å². The Morgan fingerprint density at radius 1 is 0.769 bits per heavy atom. The third-order valence-corrected chi connectivity index (χ3v) is 4.21. The number of carbonyl (C=O) groups is 2. The lowest BCUT2D eigenvalue weighted by atomic mass is 9.91. The molecule has 0 bridgehead atoms. The van der Waals surface area contributed by atoms with Crippen molar-refractivity contribution in [2.24, 2.45) is 11.5 Å². The summed E-state index contributed by atoms with van der Waals surface area (Å²) in [5.74, 6) is -1.42. The summed E-state index contributed by atoms with van der Waals surface area (Å²) >= 11 is 0. The maximum Gasteiger partial charge on any atom is 0.267 e. The molecule has 26 heavy (non-hydrogen) atoms. The third-order valence-electron chi connectivity index (χ3n) is 4.21. The van der Waals surface area contributed by atoms with E-state index in [1.807, 2.05) is 62.4 Å².